The van der Waals surface area contributed by atoms with Gasteiger partial charge in [0.2, 0.25) is 0 Å². The SMILES string of the molecule is CNC(C)(C)C(F)(F)C(F)(F)C(F)(F)F. The van der Waals surface area contributed by atoms with Crippen molar-refractivity contribution in [3.8, 4) is 0 Å². The summed E-state index contributed by atoms with van der Waals surface area (Å²) >= 11 is 0. The van der Waals surface area contributed by atoms with E-state index < -0.39 is 23.6 Å². The summed E-state index contributed by atoms with van der Waals surface area (Å²) in [6.07, 6.45) is -6.29. The van der Waals surface area contributed by atoms with Crippen LogP contribution >= 0.6 is 0 Å². The molecule has 0 aromatic heterocycles. The molecule has 15 heavy (non-hydrogen) atoms. The molecule has 0 unspecified atom stereocenters. The molecule has 0 fully saturated rings. The molecular formula is C7H10F7N. The van der Waals surface area contributed by atoms with Crippen LogP contribution in [-0.4, -0.2) is 30.6 Å². The highest BCUT2D eigenvalue weighted by Gasteiger charge is 2.77. The molecule has 0 aliphatic heterocycles. The third-order valence-electron chi connectivity index (χ3n) is 2.16. The second-order valence-electron chi connectivity index (χ2n) is 3.52. The van der Waals surface area contributed by atoms with Crippen molar-refractivity contribution in [3.63, 3.8) is 0 Å². The molecule has 1 nitrogen and oxygen atoms in total. The van der Waals surface area contributed by atoms with Crippen LogP contribution in [0.4, 0.5) is 30.7 Å². The van der Waals surface area contributed by atoms with Crippen molar-refractivity contribution < 1.29 is 30.7 Å². The second-order valence-corrected chi connectivity index (χ2v) is 3.52. The van der Waals surface area contributed by atoms with Crippen LogP contribution in [0, 0.1) is 0 Å². The summed E-state index contributed by atoms with van der Waals surface area (Å²) < 4.78 is 86.1. The standard InChI is InChI=1S/C7H10F7N/c1-4(2,15-3)5(8,9)6(10,11)7(12,13)14/h15H,1-3H3. The minimum atomic E-state index is -6.29. The molecule has 0 saturated heterocycles. The Hall–Kier alpha value is -0.530. The van der Waals surface area contributed by atoms with E-state index in [9.17, 15) is 30.7 Å². The lowest BCUT2D eigenvalue weighted by molar-refractivity contribution is -0.368. The van der Waals surface area contributed by atoms with Gasteiger partial charge in [-0.15, -0.1) is 0 Å². The van der Waals surface area contributed by atoms with Crippen LogP contribution < -0.4 is 5.32 Å². The lowest BCUT2D eigenvalue weighted by Gasteiger charge is -2.39. The summed E-state index contributed by atoms with van der Waals surface area (Å²) in [5.41, 5.74) is -2.67. The quantitative estimate of drug-likeness (QED) is 0.749. The Morgan fingerprint density at radius 2 is 1.07 bits per heavy atom. The Labute approximate surface area is 81.6 Å². The molecule has 0 amide bonds. The predicted molar refractivity (Wildman–Crippen MR) is 39.1 cm³/mol. The number of halogens is 7. The van der Waals surface area contributed by atoms with Gasteiger partial charge in [0.1, 0.15) is 0 Å². The topological polar surface area (TPSA) is 12.0 Å². The first-order chi connectivity index (χ1) is 6.31. The highest BCUT2D eigenvalue weighted by Crippen LogP contribution is 2.50. The van der Waals surface area contributed by atoms with Gasteiger partial charge >= 0.3 is 18.0 Å². The van der Waals surface area contributed by atoms with E-state index in [1.165, 1.54) is 0 Å². The molecule has 0 rings (SSSR count). The van der Waals surface area contributed by atoms with Crippen LogP contribution in [0.2, 0.25) is 0 Å². The largest absolute Gasteiger partial charge is 0.459 e. The molecule has 1 N–H and O–H groups in total. The normalized spacial score (nSPS) is 15.6. The van der Waals surface area contributed by atoms with Crippen molar-refractivity contribution in [1.82, 2.24) is 5.32 Å². The fourth-order valence-electron chi connectivity index (χ4n) is 0.727. The maximum atomic E-state index is 12.9. The van der Waals surface area contributed by atoms with Crippen LogP contribution in [0.15, 0.2) is 0 Å². The average Bonchev–Trinajstić information content (AvgIpc) is 2.01. The van der Waals surface area contributed by atoms with Crippen LogP contribution in [-0.2, 0) is 0 Å². The number of nitrogens with one attached hydrogen (secondary N) is 1. The van der Waals surface area contributed by atoms with Crippen LogP contribution in [0.5, 0.6) is 0 Å². The molecule has 0 aliphatic carbocycles. The van der Waals surface area contributed by atoms with E-state index in [2.05, 4.69) is 0 Å². The van der Waals surface area contributed by atoms with E-state index in [-0.39, 0.29) is 0 Å². The highest BCUT2D eigenvalue weighted by molar-refractivity contribution is 5.04. The van der Waals surface area contributed by atoms with E-state index in [4.69, 9.17) is 0 Å². The summed E-state index contributed by atoms with van der Waals surface area (Å²) in [5, 5.41) is 1.73. The summed E-state index contributed by atoms with van der Waals surface area (Å²) in [6, 6.07) is 0. The zero-order valence-corrected chi connectivity index (χ0v) is 8.15. The first-order valence-corrected chi connectivity index (χ1v) is 3.82. The van der Waals surface area contributed by atoms with Gasteiger partial charge in [-0.3, -0.25) is 0 Å². The van der Waals surface area contributed by atoms with Gasteiger partial charge in [0.05, 0.1) is 5.54 Å². The van der Waals surface area contributed by atoms with Gasteiger partial charge in [-0.2, -0.15) is 30.7 Å². The third-order valence-corrected chi connectivity index (χ3v) is 2.16. The molecule has 0 bridgehead atoms. The van der Waals surface area contributed by atoms with Gasteiger partial charge in [-0.1, -0.05) is 0 Å². The van der Waals surface area contributed by atoms with Crippen molar-refractivity contribution in [1.29, 1.82) is 0 Å². The van der Waals surface area contributed by atoms with Crippen LogP contribution in [0.3, 0.4) is 0 Å². The lowest BCUT2D eigenvalue weighted by Crippen LogP contribution is -2.66. The van der Waals surface area contributed by atoms with Crippen molar-refractivity contribution in [2.24, 2.45) is 0 Å². The minimum absolute atomic E-state index is 0.562. The molecule has 92 valence electrons. The molecule has 0 spiro atoms. The lowest BCUT2D eigenvalue weighted by atomic mass is 9.90. The summed E-state index contributed by atoms with van der Waals surface area (Å²) in [6.45, 7) is 1.12. The first kappa shape index (κ1) is 14.5. The zero-order valence-electron chi connectivity index (χ0n) is 8.15. The van der Waals surface area contributed by atoms with E-state index >= 15 is 0 Å². The monoisotopic (exact) mass is 241 g/mol. The number of alkyl halides is 7. The third kappa shape index (κ3) is 2.04. The number of hydrogen-bond acceptors (Lipinski definition) is 1. The molecule has 0 aromatic rings. The van der Waals surface area contributed by atoms with Crippen molar-refractivity contribution in [2.75, 3.05) is 7.05 Å². The molecule has 0 aliphatic rings. The molecule has 0 aromatic carbocycles. The van der Waals surface area contributed by atoms with E-state index in [0.29, 0.717) is 13.8 Å². The molecule has 0 saturated carbocycles. The van der Waals surface area contributed by atoms with Gasteiger partial charge in [0.15, 0.2) is 0 Å². The van der Waals surface area contributed by atoms with Crippen molar-refractivity contribution >= 4 is 0 Å². The average molecular weight is 241 g/mol. The minimum Gasteiger partial charge on any atom is -0.309 e. The smallest absolute Gasteiger partial charge is 0.309 e. The predicted octanol–water partition coefficient (Wildman–Crippen LogP) is 2.82. The number of hydrogen-bond donors (Lipinski definition) is 1. The van der Waals surface area contributed by atoms with Crippen molar-refractivity contribution in [3.05, 3.63) is 0 Å². The molecule has 0 atom stereocenters. The maximum absolute atomic E-state index is 12.9. The van der Waals surface area contributed by atoms with Crippen LogP contribution in [0.25, 0.3) is 0 Å². The van der Waals surface area contributed by atoms with E-state index in [1.807, 2.05) is 0 Å². The molecule has 8 heteroatoms. The molecule has 0 heterocycles. The Bertz CT molecular complexity index is 230. The summed E-state index contributed by atoms with van der Waals surface area (Å²) in [5.74, 6) is -11.3. The zero-order chi connectivity index (χ0) is 12.7. The van der Waals surface area contributed by atoms with Crippen molar-refractivity contribution in [2.45, 2.75) is 37.4 Å². The Morgan fingerprint density at radius 1 is 0.733 bits per heavy atom. The fraction of sp³-hybridized carbons (Fsp3) is 1.00. The second kappa shape index (κ2) is 3.50. The van der Waals surface area contributed by atoms with Gasteiger partial charge in [-0.05, 0) is 20.9 Å². The Kier molecular flexibility index (Phi) is 3.37. The van der Waals surface area contributed by atoms with Gasteiger partial charge in [-0.25, -0.2) is 0 Å². The van der Waals surface area contributed by atoms with Gasteiger partial charge in [0.25, 0.3) is 0 Å². The maximum Gasteiger partial charge on any atom is 0.459 e. The summed E-state index contributed by atoms with van der Waals surface area (Å²) in [7, 11) is 0.875. The molecular weight excluding hydrogens is 231 g/mol. The van der Waals surface area contributed by atoms with Gasteiger partial charge in [0, 0.05) is 0 Å². The molecule has 0 radical (unpaired) electrons. The Balaban J connectivity index is 5.38. The van der Waals surface area contributed by atoms with E-state index in [0.717, 1.165) is 7.05 Å². The van der Waals surface area contributed by atoms with Gasteiger partial charge < -0.3 is 5.32 Å². The van der Waals surface area contributed by atoms with E-state index in [1.54, 1.807) is 5.32 Å². The number of rotatable bonds is 3. The summed E-state index contributed by atoms with van der Waals surface area (Å²) in [4.78, 5) is 0. The van der Waals surface area contributed by atoms with Crippen LogP contribution in [0.1, 0.15) is 13.8 Å². The fourth-order valence-corrected chi connectivity index (χ4v) is 0.727. The first-order valence-electron chi connectivity index (χ1n) is 3.82. The Morgan fingerprint density at radius 3 is 1.27 bits per heavy atom. The highest BCUT2D eigenvalue weighted by atomic mass is 19.4.